The van der Waals surface area contributed by atoms with Crippen molar-refractivity contribution in [2.75, 3.05) is 20.8 Å². The van der Waals surface area contributed by atoms with Crippen LogP contribution in [0.1, 0.15) is 50.4 Å². The molecule has 6 rings (SSSR count). The Bertz CT molecular complexity index is 1760. The molecule has 47 heavy (non-hydrogen) atoms. The lowest BCUT2D eigenvalue weighted by molar-refractivity contribution is -0.119. The standard InChI is InChI=1S/C35H38Cl2N6O4/c1-20-26(15-16-47-20)38-19-30-35(46-3)43-29(18-40-30)25-11-6-9-23(33(25)37)22-8-5-10-24(32(22)36)28-17-39-27(34(42-28)45-2)12-4-7-21-13-14-31(44)41-21/h5-6,8-11,17-18,20-21,26,38H,4,7,12-16,19H2,1-3H3,(H,41,44)/t20-,21-,26-/m1/s1. The summed E-state index contributed by atoms with van der Waals surface area (Å²) >= 11 is 14.1. The molecule has 10 nitrogen and oxygen atoms in total. The number of aryl methyl sites for hydroxylation is 1. The van der Waals surface area contributed by atoms with E-state index >= 15 is 0 Å². The molecule has 2 aromatic heterocycles. The first-order valence-electron chi connectivity index (χ1n) is 15.9. The molecule has 0 radical (unpaired) electrons. The first-order chi connectivity index (χ1) is 22.9. The summed E-state index contributed by atoms with van der Waals surface area (Å²) in [6.45, 7) is 3.33. The van der Waals surface area contributed by atoms with Crippen LogP contribution in [0.4, 0.5) is 0 Å². The average molecular weight is 678 g/mol. The van der Waals surface area contributed by atoms with Crippen LogP contribution in [-0.2, 0) is 22.5 Å². The highest BCUT2D eigenvalue weighted by atomic mass is 35.5. The number of carbonyl (C=O) groups is 1. The highest BCUT2D eigenvalue weighted by molar-refractivity contribution is 6.39. The van der Waals surface area contributed by atoms with Crippen molar-refractivity contribution in [1.29, 1.82) is 0 Å². The van der Waals surface area contributed by atoms with Gasteiger partial charge in [-0.1, -0.05) is 59.6 Å². The second-order valence-corrected chi connectivity index (χ2v) is 12.6. The molecule has 4 heterocycles. The highest BCUT2D eigenvalue weighted by Crippen LogP contribution is 2.42. The number of aromatic nitrogens is 4. The van der Waals surface area contributed by atoms with Gasteiger partial charge in [-0.3, -0.25) is 14.8 Å². The lowest BCUT2D eigenvalue weighted by Gasteiger charge is -2.17. The van der Waals surface area contributed by atoms with E-state index in [1.54, 1.807) is 26.6 Å². The normalized spacial score (nSPS) is 19.2. The maximum absolute atomic E-state index is 11.5. The van der Waals surface area contributed by atoms with E-state index in [-0.39, 0.29) is 24.1 Å². The predicted molar refractivity (Wildman–Crippen MR) is 182 cm³/mol. The Kier molecular flexibility index (Phi) is 10.5. The van der Waals surface area contributed by atoms with Gasteiger partial charge in [0, 0.05) is 53.9 Å². The van der Waals surface area contributed by atoms with Crippen molar-refractivity contribution < 1.29 is 19.0 Å². The summed E-state index contributed by atoms with van der Waals surface area (Å²) in [5.74, 6) is 1.02. The molecule has 3 atom stereocenters. The van der Waals surface area contributed by atoms with Crippen LogP contribution in [0.3, 0.4) is 0 Å². The smallest absolute Gasteiger partial charge is 0.237 e. The van der Waals surface area contributed by atoms with Gasteiger partial charge in [-0.2, -0.15) is 0 Å². The number of nitrogens with zero attached hydrogens (tertiary/aromatic N) is 4. The van der Waals surface area contributed by atoms with Crippen molar-refractivity contribution in [2.24, 2.45) is 0 Å². The van der Waals surface area contributed by atoms with Crippen LogP contribution in [0.25, 0.3) is 33.6 Å². The van der Waals surface area contributed by atoms with Gasteiger partial charge in [0.25, 0.3) is 0 Å². The van der Waals surface area contributed by atoms with Gasteiger partial charge in [-0.05, 0) is 39.0 Å². The Morgan fingerprint density at radius 1 is 0.894 bits per heavy atom. The molecule has 4 aromatic rings. The molecule has 2 aliphatic heterocycles. The number of methoxy groups -OCH3 is 2. The molecular weight excluding hydrogens is 639 g/mol. The number of nitrogens with one attached hydrogen (secondary N) is 2. The first-order valence-corrected chi connectivity index (χ1v) is 16.6. The van der Waals surface area contributed by atoms with Gasteiger partial charge in [0.15, 0.2) is 0 Å². The molecule has 0 saturated carbocycles. The fourth-order valence-electron chi connectivity index (χ4n) is 6.19. The highest BCUT2D eigenvalue weighted by Gasteiger charge is 2.25. The molecule has 2 saturated heterocycles. The van der Waals surface area contributed by atoms with Crippen LogP contribution >= 0.6 is 23.2 Å². The van der Waals surface area contributed by atoms with E-state index in [0.29, 0.717) is 69.4 Å². The van der Waals surface area contributed by atoms with E-state index in [9.17, 15) is 4.79 Å². The third kappa shape index (κ3) is 7.36. The molecule has 246 valence electrons. The zero-order valence-corrected chi connectivity index (χ0v) is 28.2. The minimum atomic E-state index is 0.125. The van der Waals surface area contributed by atoms with E-state index in [1.165, 1.54) is 0 Å². The Balaban J connectivity index is 1.23. The number of halogens is 2. The Labute approximate surface area is 284 Å². The molecular formula is C35H38Cl2N6O4. The third-order valence-corrected chi connectivity index (χ3v) is 9.62. The van der Waals surface area contributed by atoms with Gasteiger partial charge in [-0.25, -0.2) is 9.97 Å². The summed E-state index contributed by atoms with van der Waals surface area (Å²) in [5.41, 5.74) is 5.55. The van der Waals surface area contributed by atoms with Gasteiger partial charge < -0.3 is 24.8 Å². The average Bonchev–Trinajstić information content (AvgIpc) is 3.70. The Morgan fingerprint density at radius 2 is 1.49 bits per heavy atom. The third-order valence-electron chi connectivity index (χ3n) is 8.81. The Morgan fingerprint density at radius 3 is 2.04 bits per heavy atom. The molecule has 0 unspecified atom stereocenters. The van der Waals surface area contributed by atoms with Crippen molar-refractivity contribution in [2.45, 2.75) is 70.2 Å². The van der Waals surface area contributed by atoms with Crippen molar-refractivity contribution in [3.05, 3.63) is 70.2 Å². The van der Waals surface area contributed by atoms with Crippen molar-refractivity contribution in [3.8, 4) is 45.4 Å². The summed E-state index contributed by atoms with van der Waals surface area (Å²) in [6, 6.07) is 12.0. The quantitative estimate of drug-likeness (QED) is 0.174. The topological polar surface area (TPSA) is 120 Å². The molecule has 2 aromatic carbocycles. The van der Waals surface area contributed by atoms with E-state index in [2.05, 4.69) is 27.5 Å². The lowest BCUT2D eigenvalue weighted by Crippen LogP contribution is -2.34. The number of rotatable bonds is 12. The number of ether oxygens (including phenoxy) is 3. The molecule has 12 heteroatoms. The maximum atomic E-state index is 11.5. The van der Waals surface area contributed by atoms with Gasteiger partial charge in [-0.15, -0.1) is 0 Å². The second kappa shape index (κ2) is 14.9. The number of carbonyl (C=O) groups excluding carboxylic acids is 1. The molecule has 2 N–H and O–H groups in total. The summed E-state index contributed by atoms with van der Waals surface area (Å²) in [4.78, 5) is 30.4. The minimum absolute atomic E-state index is 0.125. The lowest BCUT2D eigenvalue weighted by atomic mass is 9.98. The van der Waals surface area contributed by atoms with Crippen molar-refractivity contribution in [3.63, 3.8) is 0 Å². The van der Waals surface area contributed by atoms with Crippen LogP contribution in [0, 0.1) is 0 Å². The monoisotopic (exact) mass is 676 g/mol. The van der Waals surface area contributed by atoms with E-state index < -0.39 is 0 Å². The van der Waals surface area contributed by atoms with Crippen LogP contribution in [0.5, 0.6) is 11.8 Å². The zero-order valence-electron chi connectivity index (χ0n) is 26.7. The van der Waals surface area contributed by atoms with Crippen molar-refractivity contribution in [1.82, 2.24) is 30.6 Å². The number of hydrogen-bond donors (Lipinski definition) is 2. The summed E-state index contributed by atoms with van der Waals surface area (Å²) in [7, 11) is 3.17. The second-order valence-electron chi connectivity index (χ2n) is 11.8. The Hall–Kier alpha value is -3.83. The molecule has 2 aliphatic rings. The van der Waals surface area contributed by atoms with Gasteiger partial charge in [0.2, 0.25) is 17.7 Å². The predicted octanol–water partition coefficient (Wildman–Crippen LogP) is 6.46. The fraction of sp³-hybridized carbons (Fsp3) is 0.400. The largest absolute Gasteiger partial charge is 0.480 e. The molecule has 0 spiro atoms. The number of hydrogen-bond acceptors (Lipinski definition) is 9. The summed E-state index contributed by atoms with van der Waals surface area (Å²) in [5, 5.41) is 7.49. The minimum Gasteiger partial charge on any atom is -0.480 e. The van der Waals surface area contributed by atoms with Crippen molar-refractivity contribution >= 4 is 29.1 Å². The van der Waals surface area contributed by atoms with Gasteiger partial charge >= 0.3 is 0 Å². The maximum Gasteiger partial charge on any atom is 0.237 e. The molecule has 0 bridgehead atoms. The van der Waals surface area contributed by atoms with Crippen LogP contribution in [-0.4, -0.2) is 64.9 Å². The van der Waals surface area contributed by atoms with Gasteiger partial charge in [0.1, 0.15) is 11.4 Å². The SMILES string of the molecule is COc1nc(-c2cccc(-c3cccc(-c4cnc(CN[C@@H]5CCO[C@@H]5C)c(OC)n4)c3Cl)c2Cl)cnc1CCC[C@@H]1CCC(=O)N1. The van der Waals surface area contributed by atoms with E-state index in [0.717, 1.165) is 49.1 Å². The fourth-order valence-corrected chi connectivity index (χ4v) is 6.84. The summed E-state index contributed by atoms with van der Waals surface area (Å²) < 4.78 is 16.9. The van der Waals surface area contributed by atoms with Crippen LogP contribution in [0.15, 0.2) is 48.8 Å². The van der Waals surface area contributed by atoms with Gasteiger partial charge in [0.05, 0.1) is 54.2 Å². The van der Waals surface area contributed by atoms with E-state index in [1.807, 2.05) is 36.4 Å². The van der Waals surface area contributed by atoms with Crippen LogP contribution < -0.4 is 20.1 Å². The van der Waals surface area contributed by atoms with E-state index in [4.69, 9.17) is 47.4 Å². The number of amides is 1. The van der Waals surface area contributed by atoms with Crippen LogP contribution in [0.2, 0.25) is 10.0 Å². The summed E-state index contributed by atoms with van der Waals surface area (Å²) in [6.07, 6.45) is 8.47. The number of benzene rings is 2. The molecule has 2 fully saturated rings. The first kappa shape index (κ1) is 33.1. The zero-order chi connectivity index (χ0) is 32.9. The molecule has 0 aliphatic carbocycles. The molecule has 1 amide bonds.